The first-order chi connectivity index (χ1) is 10.4. The molecule has 0 atom stereocenters. The smallest absolute Gasteiger partial charge is 0.341 e. The van der Waals surface area contributed by atoms with E-state index in [0.717, 1.165) is 12.8 Å². The van der Waals surface area contributed by atoms with Gasteiger partial charge in [0.15, 0.2) is 0 Å². The highest BCUT2D eigenvalue weighted by atomic mass is 35.5. The van der Waals surface area contributed by atoms with Crippen LogP contribution in [0, 0.1) is 0 Å². The highest BCUT2D eigenvalue weighted by Gasteiger charge is 2.29. The summed E-state index contributed by atoms with van der Waals surface area (Å²) in [5, 5.41) is 9.73. The molecule has 6 heteroatoms. The van der Waals surface area contributed by atoms with Crippen LogP contribution in [0.5, 0.6) is 5.75 Å². The first-order valence-electron chi connectivity index (χ1n) is 7.17. The fraction of sp³-hybridized carbons (Fsp3) is 0.375. The minimum Gasteiger partial charge on any atom is -0.489 e. The number of fused-ring (bicyclic) bond motifs is 1. The summed E-state index contributed by atoms with van der Waals surface area (Å²) in [6, 6.07) is 3.49. The molecule has 5 nitrogen and oxygen atoms in total. The Morgan fingerprint density at radius 1 is 1.41 bits per heavy atom. The Hall–Kier alpha value is -2.01. The Morgan fingerprint density at radius 2 is 2.09 bits per heavy atom. The standard InChI is InChI=1S/C16H16ClNO4/c1-8(2)22-12-6-5-11(17)13-14(12)18(9-3-4-9)7-10(15(13)19)16(20)21/h5-9H,3-4H2,1-2H3,(H,20,21). The van der Waals surface area contributed by atoms with E-state index >= 15 is 0 Å². The molecule has 1 aliphatic carbocycles. The fourth-order valence-corrected chi connectivity index (χ4v) is 2.80. The third-order valence-electron chi connectivity index (χ3n) is 3.62. The largest absolute Gasteiger partial charge is 0.489 e. The molecule has 0 bridgehead atoms. The number of nitrogens with zero attached hydrogens (tertiary/aromatic N) is 1. The van der Waals surface area contributed by atoms with Gasteiger partial charge in [0, 0.05) is 12.2 Å². The number of hydrogen-bond acceptors (Lipinski definition) is 3. The lowest BCUT2D eigenvalue weighted by Gasteiger charge is -2.18. The number of hydrogen-bond donors (Lipinski definition) is 1. The molecule has 0 radical (unpaired) electrons. The van der Waals surface area contributed by atoms with Gasteiger partial charge in [-0.3, -0.25) is 4.79 Å². The minimum atomic E-state index is -1.24. The molecule has 0 spiro atoms. The molecule has 2 aromatic rings. The van der Waals surface area contributed by atoms with Crippen LogP contribution in [-0.4, -0.2) is 21.7 Å². The van der Waals surface area contributed by atoms with Crippen LogP contribution in [0.4, 0.5) is 0 Å². The Morgan fingerprint density at radius 3 is 2.64 bits per heavy atom. The Labute approximate surface area is 132 Å². The number of benzene rings is 1. The summed E-state index contributed by atoms with van der Waals surface area (Å²) in [5.41, 5.74) is -0.250. The first kappa shape index (κ1) is 14.9. The molecule has 0 aliphatic heterocycles. The number of aromatic carboxylic acids is 1. The Kier molecular flexibility index (Phi) is 3.60. The average Bonchev–Trinajstić information content (AvgIpc) is 3.25. The van der Waals surface area contributed by atoms with E-state index in [1.54, 1.807) is 12.1 Å². The van der Waals surface area contributed by atoms with Crippen LogP contribution in [0.1, 0.15) is 43.1 Å². The van der Waals surface area contributed by atoms with Gasteiger partial charge in [-0.15, -0.1) is 0 Å². The van der Waals surface area contributed by atoms with Crippen LogP contribution in [0.25, 0.3) is 10.9 Å². The predicted molar refractivity (Wildman–Crippen MR) is 84.2 cm³/mol. The molecule has 0 amide bonds. The zero-order valence-corrected chi connectivity index (χ0v) is 13.1. The van der Waals surface area contributed by atoms with Gasteiger partial charge in [0.2, 0.25) is 5.43 Å². The van der Waals surface area contributed by atoms with Crippen molar-refractivity contribution in [2.45, 2.75) is 38.8 Å². The maximum Gasteiger partial charge on any atom is 0.341 e. The third kappa shape index (κ3) is 2.46. The topological polar surface area (TPSA) is 68.5 Å². The second-order valence-electron chi connectivity index (χ2n) is 5.75. The first-order valence-corrected chi connectivity index (χ1v) is 7.55. The normalized spacial score (nSPS) is 14.5. The zero-order chi connectivity index (χ0) is 16.0. The molecule has 1 saturated carbocycles. The molecular formula is C16H16ClNO4. The lowest BCUT2D eigenvalue weighted by molar-refractivity contribution is 0.0695. The third-order valence-corrected chi connectivity index (χ3v) is 3.94. The lowest BCUT2D eigenvalue weighted by Crippen LogP contribution is -2.20. The lowest BCUT2D eigenvalue weighted by atomic mass is 10.1. The number of halogens is 1. The van der Waals surface area contributed by atoms with Crippen molar-refractivity contribution in [3.8, 4) is 5.75 Å². The van der Waals surface area contributed by atoms with E-state index in [4.69, 9.17) is 16.3 Å². The molecule has 22 heavy (non-hydrogen) atoms. The van der Waals surface area contributed by atoms with Gasteiger partial charge in [0.1, 0.15) is 11.3 Å². The average molecular weight is 322 g/mol. The monoisotopic (exact) mass is 321 g/mol. The van der Waals surface area contributed by atoms with Crippen molar-refractivity contribution in [1.29, 1.82) is 0 Å². The number of carboxylic acids is 1. The summed E-state index contributed by atoms with van der Waals surface area (Å²) in [6.07, 6.45) is 3.25. The minimum absolute atomic E-state index is 0.0636. The molecule has 1 aliphatic rings. The molecule has 1 heterocycles. The van der Waals surface area contributed by atoms with E-state index in [1.165, 1.54) is 6.20 Å². The van der Waals surface area contributed by atoms with Gasteiger partial charge in [-0.1, -0.05) is 11.6 Å². The molecule has 1 aromatic heterocycles. The zero-order valence-electron chi connectivity index (χ0n) is 12.3. The van der Waals surface area contributed by atoms with Crippen molar-refractivity contribution < 1.29 is 14.6 Å². The van der Waals surface area contributed by atoms with Crippen molar-refractivity contribution >= 4 is 28.5 Å². The highest BCUT2D eigenvalue weighted by Crippen LogP contribution is 2.40. The van der Waals surface area contributed by atoms with E-state index in [2.05, 4.69) is 0 Å². The van der Waals surface area contributed by atoms with Gasteiger partial charge in [0.25, 0.3) is 0 Å². The Balaban J connectivity index is 2.42. The molecule has 1 fully saturated rings. The van der Waals surface area contributed by atoms with Gasteiger partial charge >= 0.3 is 5.97 Å². The van der Waals surface area contributed by atoms with Crippen molar-refractivity contribution in [2.75, 3.05) is 0 Å². The van der Waals surface area contributed by atoms with Gasteiger partial charge in [0.05, 0.1) is 22.0 Å². The van der Waals surface area contributed by atoms with Gasteiger partial charge in [-0.05, 0) is 38.8 Å². The molecule has 0 unspecified atom stereocenters. The van der Waals surface area contributed by atoms with Gasteiger partial charge in [-0.2, -0.15) is 0 Å². The van der Waals surface area contributed by atoms with Crippen molar-refractivity contribution in [2.24, 2.45) is 0 Å². The Bertz CT molecular complexity index is 821. The van der Waals surface area contributed by atoms with Crippen LogP contribution >= 0.6 is 11.6 Å². The van der Waals surface area contributed by atoms with Crippen molar-refractivity contribution in [3.63, 3.8) is 0 Å². The van der Waals surface area contributed by atoms with E-state index in [-0.39, 0.29) is 28.1 Å². The molecule has 116 valence electrons. The SMILES string of the molecule is CC(C)Oc1ccc(Cl)c2c(=O)c(C(=O)O)cn(C3CC3)c12. The molecule has 0 saturated heterocycles. The highest BCUT2D eigenvalue weighted by molar-refractivity contribution is 6.35. The van der Waals surface area contributed by atoms with E-state index < -0.39 is 11.4 Å². The van der Waals surface area contributed by atoms with Crippen LogP contribution in [0.3, 0.4) is 0 Å². The second-order valence-corrected chi connectivity index (χ2v) is 6.16. The molecule has 3 rings (SSSR count). The maximum absolute atomic E-state index is 12.5. The van der Waals surface area contributed by atoms with Crippen LogP contribution in [0.2, 0.25) is 5.02 Å². The molecule has 1 aromatic carbocycles. The fourth-order valence-electron chi connectivity index (χ4n) is 2.56. The van der Waals surface area contributed by atoms with E-state index in [1.807, 2.05) is 18.4 Å². The number of pyridine rings is 1. The number of ether oxygens (including phenoxy) is 1. The summed E-state index contributed by atoms with van der Waals surface area (Å²) >= 11 is 6.18. The van der Waals surface area contributed by atoms with Crippen LogP contribution in [-0.2, 0) is 0 Å². The van der Waals surface area contributed by atoms with Crippen LogP contribution in [0.15, 0.2) is 23.1 Å². The second kappa shape index (κ2) is 5.32. The van der Waals surface area contributed by atoms with Gasteiger partial charge in [-0.25, -0.2) is 4.79 Å². The summed E-state index contributed by atoms with van der Waals surface area (Å²) < 4.78 is 7.61. The van der Waals surface area contributed by atoms with Gasteiger partial charge < -0.3 is 14.4 Å². The molecule has 1 N–H and O–H groups in total. The van der Waals surface area contributed by atoms with E-state index in [0.29, 0.717) is 11.3 Å². The summed E-state index contributed by atoms with van der Waals surface area (Å²) in [5.74, 6) is -0.692. The van der Waals surface area contributed by atoms with Crippen molar-refractivity contribution in [1.82, 2.24) is 4.57 Å². The van der Waals surface area contributed by atoms with Crippen LogP contribution < -0.4 is 10.2 Å². The van der Waals surface area contributed by atoms with E-state index in [9.17, 15) is 14.7 Å². The summed E-state index contributed by atoms with van der Waals surface area (Å²) in [4.78, 5) is 23.8. The number of carboxylic acid groups (broad SMARTS) is 1. The number of carbonyl (C=O) groups is 1. The number of aromatic nitrogens is 1. The predicted octanol–water partition coefficient (Wildman–Crippen LogP) is 3.48. The maximum atomic E-state index is 12.5. The number of rotatable bonds is 4. The summed E-state index contributed by atoms with van der Waals surface area (Å²) in [6.45, 7) is 3.79. The van der Waals surface area contributed by atoms with Crippen molar-refractivity contribution in [3.05, 3.63) is 39.1 Å². The molecular weight excluding hydrogens is 306 g/mol. The summed E-state index contributed by atoms with van der Waals surface area (Å²) in [7, 11) is 0. The quantitative estimate of drug-likeness (QED) is 0.936.